The highest BCUT2D eigenvalue weighted by Gasteiger charge is 2.28. The minimum Gasteiger partial charge on any atom is -0.354 e. The van der Waals surface area contributed by atoms with Gasteiger partial charge in [0, 0.05) is 31.4 Å². The summed E-state index contributed by atoms with van der Waals surface area (Å²) in [6, 6.07) is 5.08. The molecule has 0 aliphatic heterocycles. The third-order valence-electron chi connectivity index (χ3n) is 2.87. The highest BCUT2D eigenvalue weighted by atomic mass is 16.2. The van der Waals surface area contributed by atoms with E-state index in [1.54, 1.807) is 10.6 Å². The number of nitrogens with zero attached hydrogens (tertiary/aromatic N) is 1. The highest BCUT2D eigenvalue weighted by molar-refractivity contribution is 5.81. The number of hydrogen-bond acceptors (Lipinski definition) is 3. The van der Waals surface area contributed by atoms with E-state index in [4.69, 9.17) is 5.73 Å². The van der Waals surface area contributed by atoms with Crippen molar-refractivity contribution in [3.05, 3.63) is 34.2 Å². The van der Waals surface area contributed by atoms with E-state index >= 15 is 0 Å². The first-order chi connectivity index (χ1) is 8.38. The lowest BCUT2D eigenvalue weighted by Crippen LogP contribution is -2.43. The zero-order valence-electron chi connectivity index (χ0n) is 11.2. The fourth-order valence-corrected chi connectivity index (χ4v) is 1.72. The summed E-state index contributed by atoms with van der Waals surface area (Å²) in [5.41, 5.74) is 5.46. The van der Waals surface area contributed by atoms with Crippen molar-refractivity contribution < 1.29 is 4.79 Å². The van der Waals surface area contributed by atoms with Crippen LogP contribution in [0.3, 0.4) is 0 Å². The fourth-order valence-electron chi connectivity index (χ4n) is 1.72. The van der Waals surface area contributed by atoms with Gasteiger partial charge in [0.05, 0.1) is 5.41 Å². The number of pyridine rings is 1. The monoisotopic (exact) mass is 251 g/mol. The molecule has 1 aromatic rings. The average Bonchev–Trinajstić information content (AvgIpc) is 2.31. The Morgan fingerprint density at radius 3 is 2.67 bits per heavy atom. The van der Waals surface area contributed by atoms with E-state index in [1.807, 2.05) is 26.8 Å². The lowest BCUT2D eigenvalue weighted by molar-refractivity contribution is -0.130. The van der Waals surface area contributed by atoms with Crippen molar-refractivity contribution in [2.75, 3.05) is 13.1 Å². The van der Waals surface area contributed by atoms with Crippen LogP contribution in [0.5, 0.6) is 0 Å². The molecule has 5 nitrogen and oxygen atoms in total. The van der Waals surface area contributed by atoms with Crippen LogP contribution in [-0.2, 0) is 11.3 Å². The largest absolute Gasteiger partial charge is 0.354 e. The lowest BCUT2D eigenvalue weighted by atomic mass is 9.92. The van der Waals surface area contributed by atoms with Crippen LogP contribution in [0.25, 0.3) is 0 Å². The molecule has 0 radical (unpaired) electrons. The predicted molar refractivity (Wildman–Crippen MR) is 71.3 cm³/mol. The number of rotatable bonds is 5. The third-order valence-corrected chi connectivity index (χ3v) is 2.87. The second kappa shape index (κ2) is 5.82. The van der Waals surface area contributed by atoms with Gasteiger partial charge in [0.2, 0.25) is 5.91 Å². The molecule has 0 saturated heterocycles. The molecule has 0 spiro atoms. The minimum absolute atomic E-state index is 0.0882. The zero-order valence-corrected chi connectivity index (χ0v) is 11.2. The van der Waals surface area contributed by atoms with Crippen LogP contribution in [0.4, 0.5) is 0 Å². The molecule has 0 aliphatic carbocycles. The second-order valence-corrected chi connectivity index (χ2v) is 5.02. The number of aromatic nitrogens is 1. The van der Waals surface area contributed by atoms with Crippen molar-refractivity contribution in [2.24, 2.45) is 11.1 Å². The standard InChI is InChI=1S/C13H21N3O2/c1-10-5-4-6-11(17)16(10)9-13(2,3)12(18)15-8-7-14/h4-6H,7-9,14H2,1-3H3,(H,15,18). The van der Waals surface area contributed by atoms with E-state index in [0.29, 0.717) is 19.6 Å². The fraction of sp³-hybridized carbons (Fsp3) is 0.538. The Morgan fingerprint density at radius 1 is 1.44 bits per heavy atom. The normalized spacial score (nSPS) is 11.3. The van der Waals surface area contributed by atoms with Gasteiger partial charge in [0.25, 0.3) is 5.56 Å². The van der Waals surface area contributed by atoms with Crippen molar-refractivity contribution in [1.82, 2.24) is 9.88 Å². The number of carbonyl (C=O) groups excluding carboxylic acids is 1. The topological polar surface area (TPSA) is 77.1 Å². The van der Waals surface area contributed by atoms with Crippen LogP contribution in [0, 0.1) is 12.3 Å². The number of nitrogens with one attached hydrogen (secondary N) is 1. The van der Waals surface area contributed by atoms with Gasteiger partial charge in [-0.15, -0.1) is 0 Å². The van der Waals surface area contributed by atoms with Gasteiger partial charge in [-0.3, -0.25) is 9.59 Å². The maximum Gasteiger partial charge on any atom is 0.250 e. The van der Waals surface area contributed by atoms with Crippen molar-refractivity contribution in [3.8, 4) is 0 Å². The summed E-state index contributed by atoms with van der Waals surface area (Å²) in [6.45, 7) is 6.71. The molecule has 0 saturated carbocycles. The van der Waals surface area contributed by atoms with E-state index in [1.165, 1.54) is 6.07 Å². The summed E-state index contributed by atoms with van der Waals surface area (Å²) in [6.07, 6.45) is 0. The molecule has 0 atom stereocenters. The van der Waals surface area contributed by atoms with Crippen LogP contribution in [0.1, 0.15) is 19.5 Å². The summed E-state index contributed by atoms with van der Waals surface area (Å²) in [7, 11) is 0. The molecular formula is C13H21N3O2. The zero-order chi connectivity index (χ0) is 13.8. The van der Waals surface area contributed by atoms with Gasteiger partial charge < -0.3 is 15.6 Å². The Hall–Kier alpha value is -1.62. The lowest BCUT2D eigenvalue weighted by Gasteiger charge is -2.25. The molecular weight excluding hydrogens is 230 g/mol. The van der Waals surface area contributed by atoms with Crippen molar-refractivity contribution in [3.63, 3.8) is 0 Å². The predicted octanol–water partition coefficient (Wildman–Crippen LogP) is 0.258. The summed E-state index contributed by atoms with van der Waals surface area (Å²) >= 11 is 0. The van der Waals surface area contributed by atoms with Gasteiger partial charge in [-0.25, -0.2) is 0 Å². The van der Waals surface area contributed by atoms with E-state index in [0.717, 1.165) is 5.69 Å². The molecule has 1 heterocycles. The molecule has 0 bridgehead atoms. The maximum atomic E-state index is 12.0. The summed E-state index contributed by atoms with van der Waals surface area (Å²) < 4.78 is 1.61. The first-order valence-electron chi connectivity index (χ1n) is 6.03. The van der Waals surface area contributed by atoms with Crippen LogP contribution < -0.4 is 16.6 Å². The Morgan fingerprint density at radius 2 is 2.11 bits per heavy atom. The Balaban J connectivity index is 2.88. The van der Waals surface area contributed by atoms with Gasteiger partial charge >= 0.3 is 0 Å². The third kappa shape index (κ3) is 3.43. The van der Waals surface area contributed by atoms with E-state index in [9.17, 15) is 9.59 Å². The minimum atomic E-state index is -0.648. The molecule has 5 heteroatoms. The number of aryl methyl sites for hydroxylation is 1. The summed E-state index contributed by atoms with van der Waals surface area (Å²) in [5, 5.41) is 2.75. The quantitative estimate of drug-likeness (QED) is 0.788. The molecule has 0 aromatic carbocycles. The van der Waals surface area contributed by atoms with Gasteiger partial charge in [-0.05, 0) is 26.8 Å². The number of amides is 1. The van der Waals surface area contributed by atoms with Crippen LogP contribution in [0.2, 0.25) is 0 Å². The van der Waals surface area contributed by atoms with Gasteiger partial charge in [-0.1, -0.05) is 6.07 Å². The Labute approximate surface area is 107 Å². The van der Waals surface area contributed by atoms with Crippen molar-refractivity contribution in [2.45, 2.75) is 27.3 Å². The van der Waals surface area contributed by atoms with Gasteiger partial charge in [-0.2, -0.15) is 0 Å². The first kappa shape index (κ1) is 14.4. The highest BCUT2D eigenvalue weighted by Crippen LogP contribution is 2.18. The first-order valence-corrected chi connectivity index (χ1v) is 6.03. The summed E-state index contributed by atoms with van der Waals surface area (Å²) in [4.78, 5) is 23.7. The number of hydrogen-bond donors (Lipinski definition) is 2. The Kier molecular flexibility index (Phi) is 4.67. The SMILES string of the molecule is Cc1cccc(=O)n1CC(C)(C)C(=O)NCCN. The van der Waals surface area contributed by atoms with E-state index < -0.39 is 5.41 Å². The number of carbonyl (C=O) groups is 1. The second-order valence-electron chi connectivity index (χ2n) is 5.02. The smallest absolute Gasteiger partial charge is 0.250 e. The molecule has 1 rings (SSSR count). The van der Waals surface area contributed by atoms with Crippen LogP contribution in [0.15, 0.2) is 23.0 Å². The molecule has 1 aromatic heterocycles. The molecule has 0 aliphatic rings. The molecule has 0 fully saturated rings. The average molecular weight is 251 g/mol. The molecule has 1 amide bonds. The summed E-state index contributed by atoms with van der Waals surface area (Å²) in [5.74, 6) is -0.0943. The Bertz CT molecular complexity index is 477. The van der Waals surface area contributed by atoms with Crippen molar-refractivity contribution in [1.29, 1.82) is 0 Å². The number of nitrogens with two attached hydrogens (primary N) is 1. The van der Waals surface area contributed by atoms with Crippen molar-refractivity contribution >= 4 is 5.91 Å². The van der Waals surface area contributed by atoms with Gasteiger partial charge in [0.15, 0.2) is 0 Å². The molecule has 100 valence electrons. The maximum absolute atomic E-state index is 12.0. The van der Waals surface area contributed by atoms with E-state index in [-0.39, 0.29) is 11.5 Å². The van der Waals surface area contributed by atoms with E-state index in [2.05, 4.69) is 5.32 Å². The molecule has 0 unspecified atom stereocenters. The van der Waals surface area contributed by atoms with Crippen LogP contribution >= 0.6 is 0 Å². The molecule has 3 N–H and O–H groups in total. The van der Waals surface area contributed by atoms with Gasteiger partial charge in [0.1, 0.15) is 0 Å². The van der Waals surface area contributed by atoms with Crippen LogP contribution in [-0.4, -0.2) is 23.6 Å². The molecule has 18 heavy (non-hydrogen) atoms.